The smallest absolute Gasteiger partial charge is 0.327 e. The molecule has 1 aliphatic carbocycles. The lowest BCUT2D eigenvalue weighted by molar-refractivity contribution is -0.145. The van der Waals surface area contributed by atoms with Gasteiger partial charge < -0.3 is 4.74 Å². The Morgan fingerprint density at radius 2 is 2.33 bits per heavy atom. The molecule has 0 amide bonds. The number of rotatable bonds is 5. The topological polar surface area (TPSA) is 38.3 Å². The van der Waals surface area contributed by atoms with Crippen LogP contribution in [-0.4, -0.2) is 18.6 Å². The van der Waals surface area contributed by atoms with E-state index in [-0.39, 0.29) is 5.97 Å². The van der Waals surface area contributed by atoms with E-state index in [9.17, 15) is 4.79 Å². The van der Waals surface area contributed by atoms with Crippen LogP contribution in [0.2, 0.25) is 5.02 Å². The predicted octanol–water partition coefficient (Wildman–Crippen LogP) is 3.46. The summed E-state index contributed by atoms with van der Waals surface area (Å²) in [5.74, 6) is -0.270. The molecule has 1 unspecified atom stereocenters. The molecule has 1 aromatic rings. The van der Waals surface area contributed by atoms with Gasteiger partial charge in [0.15, 0.2) is 0 Å². The Balaban J connectivity index is 2.23. The first-order valence-corrected chi connectivity index (χ1v) is 7.16. The number of carbonyl (C=O) groups is 1. The lowest BCUT2D eigenvalue weighted by Crippen LogP contribution is -2.32. The Labute approximate surface area is 120 Å². The maximum atomic E-state index is 12.0. The van der Waals surface area contributed by atoms with Crippen molar-refractivity contribution in [3.05, 3.63) is 33.3 Å². The molecule has 1 saturated carbocycles. The molecule has 1 atom stereocenters. The van der Waals surface area contributed by atoms with Gasteiger partial charge in [-0.1, -0.05) is 33.6 Å². The second-order valence-electron chi connectivity index (χ2n) is 4.29. The predicted molar refractivity (Wildman–Crippen MR) is 74.7 cm³/mol. The third kappa shape index (κ3) is 3.46. The summed E-state index contributed by atoms with van der Waals surface area (Å²) in [5.41, 5.74) is 0.769. The zero-order valence-electron chi connectivity index (χ0n) is 10.1. The molecule has 2 rings (SSSR count). The van der Waals surface area contributed by atoms with Gasteiger partial charge in [-0.25, -0.2) is 4.79 Å². The maximum absolute atomic E-state index is 12.0. The summed E-state index contributed by atoms with van der Waals surface area (Å²) in [7, 11) is 0. The van der Waals surface area contributed by atoms with Crippen LogP contribution in [0.4, 0.5) is 0 Å². The van der Waals surface area contributed by atoms with Gasteiger partial charge in [0.2, 0.25) is 0 Å². The molecule has 1 aromatic carbocycles. The summed E-state index contributed by atoms with van der Waals surface area (Å²) in [6, 6.07) is 5.44. The van der Waals surface area contributed by atoms with Crippen molar-refractivity contribution in [2.24, 2.45) is 0 Å². The van der Waals surface area contributed by atoms with E-state index in [0.29, 0.717) is 17.7 Å². The molecule has 18 heavy (non-hydrogen) atoms. The summed E-state index contributed by atoms with van der Waals surface area (Å²) < 4.78 is 5.99. The highest BCUT2D eigenvalue weighted by Crippen LogP contribution is 2.30. The van der Waals surface area contributed by atoms with Crippen LogP contribution in [0.3, 0.4) is 0 Å². The van der Waals surface area contributed by atoms with Gasteiger partial charge in [-0.2, -0.15) is 0 Å². The first-order chi connectivity index (χ1) is 8.61. The van der Waals surface area contributed by atoms with Crippen molar-refractivity contribution in [2.75, 3.05) is 6.61 Å². The van der Waals surface area contributed by atoms with Crippen molar-refractivity contribution in [3.63, 3.8) is 0 Å². The number of esters is 1. The quantitative estimate of drug-likeness (QED) is 0.839. The zero-order chi connectivity index (χ0) is 13.1. The van der Waals surface area contributed by atoms with Crippen molar-refractivity contribution in [1.82, 2.24) is 5.32 Å². The van der Waals surface area contributed by atoms with Gasteiger partial charge in [-0.15, -0.1) is 0 Å². The van der Waals surface area contributed by atoms with Crippen molar-refractivity contribution in [3.8, 4) is 0 Å². The monoisotopic (exact) mass is 331 g/mol. The van der Waals surface area contributed by atoms with Crippen molar-refractivity contribution in [1.29, 1.82) is 0 Å². The highest BCUT2D eigenvalue weighted by Gasteiger charge is 2.31. The molecule has 5 heteroatoms. The van der Waals surface area contributed by atoms with Crippen molar-refractivity contribution in [2.45, 2.75) is 31.8 Å². The van der Waals surface area contributed by atoms with Gasteiger partial charge in [0.25, 0.3) is 0 Å². The molecule has 0 aliphatic heterocycles. The van der Waals surface area contributed by atoms with Gasteiger partial charge in [0.1, 0.15) is 6.04 Å². The number of nitrogens with one attached hydrogen (secondary N) is 1. The van der Waals surface area contributed by atoms with Crippen LogP contribution >= 0.6 is 27.5 Å². The van der Waals surface area contributed by atoms with Crippen LogP contribution in [0, 0.1) is 0 Å². The van der Waals surface area contributed by atoms with Crippen LogP contribution < -0.4 is 5.32 Å². The summed E-state index contributed by atoms with van der Waals surface area (Å²) in [6.07, 6.45) is 2.20. The molecule has 0 aromatic heterocycles. The number of halogens is 2. The lowest BCUT2D eigenvalue weighted by Gasteiger charge is -2.18. The Bertz CT molecular complexity index is 449. The van der Waals surface area contributed by atoms with E-state index >= 15 is 0 Å². The summed E-state index contributed by atoms with van der Waals surface area (Å²) in [4.78, 5) is 12.0. The largest absolute Gasteiger partial charge is 0.465 e. The normalized spacial score (nSPS) is 16.4. The minimum atomic E-state index is -0.474. The fraction of sp³-hybridized carbons (Fsp3) is 0.462. The van der Waals surface area contributed by atoms with Gasteiger partial charge >= 0.3 is 5.97 Å². The molecule has 0 spiro atoms. The minimum absolute atomic E-state index is 0.270. The molecule has 0 saturated heterocycles. The number of benzene rings is 1. The summed E-state index contributed by atoms with van der Waals surface area (Å²) in [5, 5.41) is 3.84. The van der Waals surface area contributed by atoms with E-state index in [1.54, 1.807) is 13.0 Å². The third-order valence-electron chi connectivity index (χ3n) is 2.78. The third-order valence-corrected chi connectivity index (χ3v) is 3.60. The highest BCUT2D eigenvalue weighted by molar-refractivity contribution is 9.10. The van der Waals surface area contributed by atoms with E-state index in [0.717, 1.165) is 22.9 Å². The average Bonchev–Trinajstić information content (AvgIpc) is 3.11. The number of ether oxygens (including phenoxy) is 1. The fourth-order valence-corrected chi connectivity index (χ4v) is 2.51. The number of carbonyl (C=O) groups excluding carboxylic acids is 1. The first-order valence-electron chi connectivity index (χ1n) is 5.99. The van der Waals surface area contributed by atoms with E-state index < -0.39 is 6.04 Å². The highest BCUT2D eigenvalue weighted by atomic mass is 79.9. The Hall–Kier alpha value is -0.580. The average molecular weight is 333 g/mol. The van der Waals surface area contributed by atoms with Gasteiger partial charge in [0, 0.05) is 15.5 Å². The fourth-order valence-electron chi connectivity index (χ4n) is 1.73. The van der Waals surface area contributed by atoms with E-state index in [2.05, 4.69) is 21.2 Å². The van der Waals surface area contributed by atoms with Crippen molar-refractivity contribution < 1.29 is 9.53 Å². The standard InChI is InChI=1S/C13H15BrClNO2/c1-2-18-13(17)12(16-9-4-5-9)10-6-3-8(14)7-11(10)15/h3,6-7,9,12,16H,2,4-5H2,1H3. The Kier molecular flexibility index (Phi) is 4.65. The molecule has 1 N–H and O–H groups in total. The SMILES string of the molecule is CCOC(=O)C(NC1CC1)c1ccc(Br)cc1Cl. The molecule has 0 bridgehead atoms. The molecule has 0 radical (unpaired) electrons. The van der Waals surface area contributed by atoms with Gasteiger partial charge in [-0.3, -0.25) is 5.32 Å². The van der Waals surface area contributed by atoms with Gasteiger partial charge in [0.05, 0.1) is 6.61 Å². The minimum Gasteiger partial charge on any atom is -0.465 e. The molecule has 1 aliphatic rings. The van der Waals surface area contributed by atoms with Gasteiger partial charge in [-0.05, 0) is 37.5 Å². The first kappa shape index (κ1) is 13.8. The zero-order valence-corrected chi connectivity index (χ0v) is 12.4. The second kappa shape index (κ2) is 6.04. The lowest BCUT2D eigenvalue weighted by atomic mass is 10.1. The van der Waals surface area contributed by atoms with Crippen molar-refractivity contribution >= 4 is 33.5 Å². The van der Waals surface area contributed by atoms with Crippen LogP contribution in [0.15, 0.2) is 22.7 Å². The van der Waals surface area contributed by atoms with E-state index in [1.807, 2.05) is 12.1 Å². The number of hydrogen-bond donors (Lipinski definition) is 1. The molecular weight excluding hydrogens is 318 g/mol. The molecule has 1 fully saturated rings. The Morgan fingerprint density at radius 1 is 1.61 bits per heavy atom. The molecular formula is C13H15BrClNO2. The van der Waals surface area contributed by atoms with E-state index in [4.69, 9.17) is 16.3 Å². The van der Waals surface area contributed by atoms with E-state index in [1.165, 1.54) is 0 Å². The van der Waals surface area contributed by atoms with Crippen LogP contribution in [0.1, 0.15) is 31.4 Å². The Morgan fingerprint density at radius 3 is 2.89 bits per heavy atom. The molecule has 0 heterocycles. The maximum Gasteiger partial charge on any atom is 0.327 e. The summed E-state index contributed by atoms with van der Waals surface area (Å²) in [6.45, 7) is 2.17. The molecule has 3 nitrogen and oxygen atoms in total. The summed E-state index contributed by atoms with van der Waals surface area (Å²) >= 11 is 9.55. The number of hydrogen-bond acceptors (Lipinski definition) is 3. The van der Waals surface area contributed by atoms with Crippen LogP contribution in [0.25, 0.3) is 0 Å². The molecule has 98 valence electrons. The second-order valence-corrected chi connectivity index (χ2v) is 5.61. The van der Waals surface area contributed by atoms with Crippen LogP contribution in [-0.2, 0) is 9.53 Å². The van der Waals surface area contributed by atoms with Crippen LogP contribution in [0.5, 0.6) is 0 Å².